The molecule has 1 heteroatoms. The van der Waals surface area contributed by atoms with E-state index < -0.39 is 0 Å². The van der Waals surface area contributed by atoms with Gasteiger partial charge in [0.1, 0.15) is 0 Å². The van der Waals surface area contributed by atoms with Crippen molar-refractivity contribution in [2.24, 2.45) is 0 Å². The second-order valence-electron chi connectivity index (χ2n) is 3.52. The topological polar surface area (TPSA) is 0 Å². The molecule has 1 saturated carbocycles. The smallest absolute Gasteiger partial charge is 0.0116 e. The zero-order chi connectivity index (χ0) is 8.39. The van der Waals surface area contributed by atoms with Crippen LogP contribution in [-0.2, 0) is 0 Å². The number of hydrogen-bond acceptors (Lipinski definition) is 0. The molecule has 12 heavy (non-hydrogen) atoms. The van der Waals surface area contributed by atoms with Crippen molar-refractivity contribution in [3.05, 3.63) is 35.9 Å². The summed E-state index contributed by atoms with van der Waals surface area (Å²) in [6, 6.07) is 10.9. The molecule has 0 aromatic heterocycles. The third-order valence-electron chi connectivity index (χ3n) is 2.64. The van der Waals surface area contributed by atoms with Gasteiger partial charge in [-0.25, -0.2) is 0 Å². The summed E-state index contributed by atoms with van der Waals surface area (Å²) in [5.74, 6) is 0.841. The van der Waals surface area contributed by atoms with Crippen molar-refractivity contribution in [1.29, 1.82) is 0 Å². The lowest BCUT2D eigenvalue weighted by atomic mass is 9.98. The number of hydrogen-bond donors (Lipinski definition) is 0. The third-order valence-corrected chi connectivity index (χ3v) is 3.77. The molecule has 0 nitrogen and oxygen atoms in total. The Hall–Kier alpha value is -0.0500. The fourth-order valence-corrected chi connectivity index (χ4v) is 2.93. The van der Waals surface area contributed by atoms with Gasteiger partial charge in [-0.2, -0.15) is 0 Å². The normalized spacial score (nSPS) is 29.1. The largest absolute Gasteiger partial charge is 0.0826 e. The average Bonchev–Trinajstić information content (AvgIpc) is 2.54. The quantitative estimate of drug-likeness (QED) is 0.539. The Morgan fingerprint density at radius 1 is 1.08 bits per heavy atom. The van der Waals surface area contributed by atoms with Gasteiger partial charge in [0.15, 0.2) is 0 Å². The van der Waals surface area contributed by atoms with Gasteiger partial charge in [-0.15, -0.1) is 0 Å². The molecular weight excluding hydrogens is 259 g/mol. The maximum atomic E-state index is 2.57. The predicted octanol–water partition coefficient (Wildman–Crippen LogP) is 3.76. The van der Waals surface area contributed by atoms with Crippen LogP contribution in [0.25, 0.3) is 0 Å². The molecule has 0 N–H and O–H groups in total. The van der Waals surface area contributed by atoms with Crippen LogP contribution in [0.4, 0.5) is 0 Å². The van der Waals surface area contributed by atoms with Gasteiger partial charge in [0, 0.05) is 3.92 Å². The summed E-state index contributed by atoms with van der Waals surface area (Å²) >= 11 is 2.57. The van der Waals surface area contributed by atoms with E-state index in [-0.39, 0.29) is 0 Å². The molecule has 0 radical (unpaired) electrons. The van der Waals surface area contributed by atoms with E-state index in [1.54, 1.807) is 0 Å². The minimum atomic E-state index is 0.841. The molecule has 1 fully saturated rings. The van der Waals surface area contributed by atoms with Gasteiger partial charge in [-0.05, 0) is 30.7 Å². The molecule has 1 aliphatic rings. The Morgan fingerprint density at radius 3 is 2.42 bits per heavy atom. The second kappa shape index (κ2) is 3.77. The summed E-state index contributed by atoms with van der Waals surface area (Å²) < 4.78 is 0.910. The van der Waals surface area contributed by atoms with Crippen LogP contribution in [0.2, 0.25) is 0 Å². The van der Waals surface area contributed by atoms with Crippen LogP contribution in [0.1, 0.15) is 30.7 Å². The monoisotopic (exact) mass is 272 g/mol. The van der Waals surface area contributed by atoms with E-state index in [0.717, 1.165) is 9.84 Å². The average molecular weight is 272 g/mol. The van der Waals surface area contributed by atoms with E-state index in [9.17, 15) is 0 Å². The molecule has 64 valence electrons. The van der Waals surface area contributed by atoms with Gasteiger partial charge >= 0.3 is 0 Å². The molecule has 0 bridgehead atoms. The van der Waals surface area contributed by atoms with Crippen LogP contribution in [0.5, 0.6) is 0 Å². The van der Waals surface area contributed by atoms with Crippen LogP contribution in [0, 0.1) is 0 Å². The molecule has 2 atom stereocenters. The SMILES string of the molecule is IC1CCC(c2ccccc2)C1. The van der Waals surface area contributed by atoms with Gasteiger partial charge in [-0.3, -0.25) is 0 Å². The molecular formula is C11H13I. The molecule has 0 spiro atoms. The number of benzene rings is 1. The Balaban J connectivity index is 2.11. The van der Waals surface area contributed by atoms with Crippen molar-refractivity contribution in [2.75, 3.05) is 0 Å². The maximum absolute atomic E-state index is 2.57. The Morgan fingerprint density at radius 2 is 1.83 bits per heavy atom. The highest BCUT2D eigenvalue weighted by molar-refractivity contribution is 14.1. The van der Waals surface area contributed by atoms with Crippen LogP contribution in [0.15, 0.2) is 30.3 Å². The first-order valence-corrected chi connectivity index (χ1v) is 5.80. The fourth-order valence-electron chi connectivity index (χ4n) is 1.95. The molecule has 0 amide bonds. The Kier molecular flexibility index (Phi) is 2.69. The first-order valence-electron chi connectivity index (χ1n) is 4.55. The number of alkyl halides is 1. The van der Waals surface area contributed by atoms with E-state index in [2.05, 4.69) is 52.9 Å². The van der Waals surface area contributed by atoms with Crippen molar-refractivity contribution in [1.82, 2.24) is 0 Å². The Labute approximate surface area is 87.5 Å². The third kappa shape index (κ3) is 1.82. The van der Waals surface area contributed by atoms with Gasteiger partial charge in [0.25, 0.3) is 0 Å². The zero-order valence-corrected chi connectivity index (χ0v) is 9.20. The highest BCUT2D eigenvalue weighted by Crippen LogP contribution is 2.37. The van der Waals surface area contributed by atoms with Crippen molar-refractivity contribution in [3.8, 4) is 0 Å². The van der Waals surface area contributed by atoms with Crippen molar-refractivity contribution in [3.63, 3.8) is 0 Å². The van der Waals surface area contributed by atoms with E-state index in [1.807, 2.05) is 0 Å². The molecule has 1 aliphatic carbocycles. The van der Waals surface area contributed by atoms with Crippen LogP contribution in [-0.4, -0.2) is 3.92 Å². The Bertz CT molecular complexity index is 242. The first-order chi connectivity index (χ1) is 5.86. The van der Waals surface area contributed by atoms with Gasteiger partial charge in [0.05, 0.1) is 0 Å². The zero-order valence-electron chi connectivity index (χ0n) is 7.04. The lowest BCUT2D eigenvalue weighted by molar-refractivity contribution is 0.726. The molecule has 2 unspecified atom stereocenters. The lowest BCUT2D eigenvalue weighted by Crippen LogP contribution is -1.93. The standard InChI is InChI=1S/C11H13I/c12-11-7-6-10(8-11)9-4-2-1-3-5-9/h1-5,10-11H,6-8H2. The number of rotatable bonds is 1. The summed E-state index contributed by atoms with van der Waals surface area (Å²) in [5, 5.41) is 0. The van der Waals surface area contributed by atoms with E-state index >= 15 is 0 Å². The van der Waals surface area contributed by atoms with Crippen LogP contribution >= 0.6 is 22.6 Å². The first kappa shape index (κ1) is 8.54. The maximum Gasteiger partial charge on any atom is 0.0116 e. The highest BCUT2D eigenvalue weighted by Gasteiger charge is 2.23. The molecule has 0 saturated heterocycles. The van der Waals surface area contributed by atoms with E-state index in [4.69, 9.17) is 0 Å². The molecule has 0 heterocycles. The van der Waals surface area contributed by atoms with Crippen molar-refractivity contribution < 1.29 is 0 Å². The van der Waals surface area contributed by atoms with Gasteiger partial charge < -0.3 is 0 Å². The number of halogens is 1. The van der Waals surface area contributed by atoms with E-state index in [0.29, 0.717) is 0 Å². The summed E-state index contributed by atoms with van der Waals surface area (Å²) in [5.41, 5.74) is 1.54. The second-order valence-corrected chi connectivity index (χ2v) is 5.28. The summed E-state index contributed by atoms with van der Waals surface area (Å²) in [7, 11) is 0. The summed E-state index contributed by atoms with van der Waals surface area (Å²) in [6.07, 6.45) is 4.17. The summed E-state index contributed by atoms with van der Waals surface area (Å²) in [4.78, 5) is 0. The molecule has 1 aromatic rings. The van der Waals surface area contributed by atoms with Gasteiger partial charge in [-0.1, -0.05) is 52.9 Å². The lowest BCUT2D eigenvalue weighted by Gasteiger charge is -2.08. The van der Waals surface area contributed by atoms with Gasteiger partial charge in [0.2, 0.25) is 0 Å². The summed E-state index contributed by atoms with van der Waals surface area (Å²) in [6.45, 7) is 0. The van der Waals surface area contributed by atoms with E-state index in [1.165, 1.54) is 24.8 Å². The predicted molar refractivity (Wildman–Crippen MR) is 60.8 cm³/mol. The molecule has 2 rings (SSSR count). The fraction of sp³-hybridized carbons (Fsp3) is 0.455. The minimum absolute atomic E-state index is 0.841. The molecule has 0 aliphatic heterocycles. The molecule has 1 aromatic carbocycles. The van der Waals surface area contributed by atoms with Crippen molar-refractivity contribution >= 4 is 22.6 Å². The van der Waals surface area contributed by atoms with Crippen molar-refractivity contribution in [2.45, 2.75) is 29.1 Å². The highest BCUT2D eigenvalue weighted by atomic mass is 127. The van der Waals surface area contributed by atoms with Crippen LogP contribution in [0.3, 0.4) is 0 Å². The minimum Gasteiger partial charge on any atom is -0.0826 e. The van der Waals surface area contributed by atoms with Crippen LogP contribution < -0.4 is 0 Å².